The lowest BCUT2D eigenvalue weighted by Crippen LogP contribution is -2.11. The minimum atomic E-state index is 0.0273. The van der Waals surface area contributed by atoms with Crippen LogP contribution in [0, 0.1) is 0 Å². The fraction of sp³-hybridized carbons (Fsp3) is 0.211. The summed E-state index contributed by atoms with van der Waals surface area (Å²) < 4.78 is 7.04. The van der Waals surface area contributed by atoms with E-state index in [2.05, 4.69) is 180 Å². The number of aromatic nitrogens is 2. The molecule has 0 atom stereocenters. The van der Waals surface area contributed by atoms with Crippen molar-refractivity contribution in [3.05, 3.63) is 117 Å². The summed E-state index contributed by atoms with van der Waals surface area (Å²) in [6.07, 6.45) is 0. The molecule has 2 aromatic heterocycles. The predicted molar refractivity (Wildman–Crippen MR) is 188 cm³/mol. The maximum Gasteiger partial charge on any atom is 0.0683 e. The highest BCUT2D eigenvalue weighted by Crippen LogP contribution is 2.44. The first-order valence-corrected chi connectivity index (χ1v) is 16.1. The number of fused-ring (bicyclic) bond motifs is 6. The van der Waals surface area contributed by atoms with Crippen LogP contribution in [0.25, 0.3) is 55.0 Å². The second-order valence-electron chi connectivity index (χ2n) is 13.4. The van der Waals surface area contributed by atoms with Crippen LogP contribution >= 0.6 is 31.9 Å². The van der Waals surface area contributed by atoms with Gasteiger partial charge in [0.1, 0.15) is 0 Å². The van der Waals surface area contributed by atoms with Gasteiger partial charge in [-0.3, -0.25) is 0 Å². The van der Waals surface area contributed by atoms with Crippen LogP contribution in [0.15, 0.2) is 106 Å². The van der Waals surface area contributed by atoms with Gasteiger partial charge < -0.3 is 9.13 Å². The van der Waals surface area contributed by atoms with Crippen LogP contribution in [0.3, 0.4) is 0 Å². The molecule has 0 N–H and O–H groups in total. The van der Waals surface area contributed by atoms with E-state index in [4.69, 9.17) is 0 Å². The number of hydrogen-bond acceptors (Lipinski definition) is 0. The first-order valence-electron chi connectivity index (χ1n) is 14.5. The molecule has 0 amide bonds. The van der Waals surface area contributed by atoms with Gasteiger partial charge in [-0.05, 0) is 108 Å². The largest absolute Gasteiger partial charge is 0.309 e. The Morgan fingerprint density at radius 3 is 1.55 bits per heavy atom. The summed E-state index contributed by atoms with van der Waals surface area (Å²) >= 11 is 8.07. The maximum atomic E-state index is 4.04. The molecule has 7 aromatic rings. The number of nitrogens with zero attached hydrogens (tertiary/aromatic N) is 2. The van der Waals surface area contributed by atoms with Crippen molar-refractivity contribution in [3.8, 4) is 11.4 Å². The number of para-hydroxylation sites is 2. The standard InChI is InChI=1S/C38H34Br2N2/c1-37(2,3)23-18-29-30-19-24(38(4,5)6)21-32(40)36(30)42(35(29)31(39)20-23)26-16-17-28-27-14-10-11-15-33(27)41(34(28)22-26)25-12-8-7-9-13-25/h7-22H,1-6H3. The van der Waals surface area contributed by atoms with E-state index in [0.29, 0.717) is 0 Å². The Morgan fingerprint density at radius 2 is 0.976 bits per heavy atom. The summed E-state index contributed by atoms with van der Waals surface area (Å²) in [4.78, 5) is 0. The molecule has 0 aliphatic carbocycles. The molecule has 210 valence electrons. The highest BCUT2D eigenvalue weighted by atomic mass is 79.9. The van der Waals surface area contributed by atoms with Gasteiger partial charge in [0.15, 0.2) is 0 Å². The lowest BCUT2D eigenvalue weighted by atomic mass is 9.85. The predicted octanol–water partition coefficient (Wildman–Crippen LogP) is 12.0. The van der Waals surface area contributed by atoms with Gasteiger partial charge in [0.2, 0.25) is 0 Å². The molecule has 0 saturated heterocycles. The van der Waals surface area contributed by atoms with Crippen molar-refractivity contribution in [2.24, 2.45) is 0 Å². The first-order chi connectivity index (χ1) is 19.9. The van der Waals surface area contributed by atoms with Crippen LogP contribution in [0.1, 0.15) is 52.7 Å². The van der Waals surface area contributed by atoms with Gasteiger partial charge in [0, 0.05) is 41.9 Å². The molecule has 0 unspecified atom stereocenters. The molecule has 42 heavy (non-hydrogen) atoms. The summed E-state index contributed by atoms with van der Waals surface area (Å²) in [6.45, 7) is 13.7. The van der Waals surface area contributed by atoms with Crippen LogP contribution in [-0.2, 0) is 10.8 Å². The van der Waals surface area contributed by atoms with Crippen LogP contribution in [0.4, 0.5) is 0 Å². The van der Waals surface area contributed by atoms with Gasteiger partial charge in [0.25, 0.3) is 0 Å². The summed E-state index contributed by atoms with van der Waals surface area (Å²) in [5.74, 6) is 0. The minimum absolute atomic E-state index is 0.0273. The summed E-state index contributed by atoms with van der Waals surface area (Å²) in [6, 6.07) is 35.7. The number of rotatable bonds is 2. The molecule has 0 aliphatic rings. The Bertz CT molecular complexity index is 2090. The van der Waals surface area contributed by atoms with Crippen molar-refractivity contribution in [1.29, 1.82) is 0 Å². The Kier molecular flexibility index (Phi) is 6.27. The average molecular weight is 679 g/mol. The van der Waals surface area contributed by atoms with E-state index in [-0.39, 0.29) is 10.8 Å². The fourth-order valence-electron chi connectivity index (χ4n) is 6.25. The molecule has 2 heterocycles. The molecule has 7 rings (SSSR count). The molecular weight excluding hydrogens is 644 g/mol. The average Bonchev–Trinajstić information content (AvgIpc) is 3.46. The first kappa shape index (κ1) is 27.5. The molecule has 5 aromatic carbocycles. The van der Waals surface area contributed by atoms with E-state index in [0.717, 1.165) is 20.3 Å². The van der Waals surface area contributed by atoms with Gasteiger partial charge >= 0.3 is 0 Å². The smallest absolute Gasteiger partial charge is 0.0683 e. The Morgan fingerprint density at radius 1 is 0.452 bits per heavy atom. The van der Waals surface area contributed by atoms with E-state index in [1.54, 1.807) is 0 Å². The maximum absolute atomic E-state index is 4.04. The molecule has 0 fully saturated rings. The van der Waals surface area contributed by atoms with Crippen molar-refractivity contribution in [1.82, 2.24) is 9.13 Å². The third-order valence-corrected chi connectivity index (χ3v) is 9.74. The molecule has 4 heteroatoms. The molecule has 0 saturated carbocycles. The lowest BCUT2D eigenvalue weighted by molar-refractivity contribution is 0.590. The normalized spacial score (nSPS) is 12.8. The molecule has 2 nitrogen and oxygen atoms in total. The Labute approximate surface area is 264 Å². The van der Waals surface area contributed by atoms with Crippen molar-refractivity contribution in [2.75, 3.05) is 0 Å². The molecule has 0 bridgehead atoms. The zero-order valence-electron chi connectivity index (χ0n) is 24.9. The summed E-state index contributed by atoms with van der Waals surface area (Å²) in [5.41, 5.74) is 9.77. The van der Waals surface area contributed by atoms with E-state index in [1.807, 2.05) is 0 Å². The van der Waals surface area contributed by atoms with Crippen LogP contribution in [0.2, 0.25) is 0 Å². The SMILES string of the molecule is CC(C)(C)c1cc(Br)c2c(c1)c1cc(C(C)(C)C)cc(Br)c1n2-c1ccc2c3ccccc3n(-c3ccccc3)c2c1. The molecule has 0 aliphatic heterocycles. The van der Waals surface area contributed by atoms with Gasteiger partial charge in [-0.25, -0.2) is 0 Å². The van der Waals surface area contributed by atoms with Gasteiger partial charge in [0.05, 0.1) is 22.1 Å². The Hall–Kier alpha value is -3.34. The zero-order chi connectivity index (χ0) is 29.6. The quantitative estimate of drug-likeness (QED) is 0.172. The Balaban J connectivity index is 1.63. The van der Waals surface area contributed by atoms with Crippen LogP contribution in [-0.4, -0.2) is 9.13 Å². The van der Waals surface area contributed by atoms with Crippen molar-refractivity contribution < 1.29 is 0 Å². The second kappa shape index (κ2) is 9.59. The molecular formula is C38H34Br2N2. The monoisotopic (exact) mass is 676 g/mol. The van der Waals surface area contributed by atoms with Gasteiger partial charge in [-0.2, -0.15) is 0 Å². The summed E-state index contributed by atoms with van der Waals surface area (Å²) in [5, 5.41) is 5.04. The minimum Gasteiger partial charge on any atom is -0.309 e. The van der Waals surface area contributed by atoms with Crippen molar-refractivity contribution >= 4 is 75.5 Å². The van der Waals surface area contributed by atoms with E-state index < -0.39 is 0 Å². The molecule has 0 radical (unpaired) electrons. The highest BCUT2D eigenvalue weighted by Gasteiger charge is 2.25. The third kappa shape index (κ3) is 4.26. The lowest BCUT2D eigenvalue weighted by Gasteiger charge is -2.20. The third-order valence-electron chi connectivity index (χ3n) is 8.53. The summed E-state index contributed by atoms with van der Waals surface area (Å²) in [7, 11) is 0. The van der Waals surface area contributed by atoms with Crippen LogP contribution in [0.5, 0.6) is 0 Å². The highest BCUT2D eigenvalue weighted by molar-refractivity contribution is 9.11. The number of hydrogen-bond donors (Lipinski definition) is 0. The second-order valence-corrected chi connectivity index (χ2v) is 15.1. The van der Waals surface area contributed by atoms with E-state index >= 15 is 0 Å². The fourth-order valence-corrected chi connectivity index (χ4v) is 7.53. The van der Waals surface area contributed by atoms with Crippen molar-refractivity contribution in [2.45, 2.75) is 52.4 Å². The van der Waals surface area contributed by atoms with E-state index in [1.165, 1.54) is 54.7 Å². The van der Waals surface area contributed by atoms with E-state index in [9.17, 15) is 0 Å². The zero-order valence-corrected chi connectivity index (χ0v) is 28.1. The molecule has 0 spiro atoms. The van der Waals surface area contributed by atoms with Gasteiger partial charge in [-0.1, -0.05) is 84.0 Å². The van der Waals surface area contributed by atoms with Crippen molar-refractivity contribution in [3.63, 3.8) is 0 Å². The topological polar surface area (TPSA) is 9.86 Å². The number of benzene rings is 5. The number of halogens is 2. The van der Waals surface area contributed by atoms with Crippen LogP contribution < -0.4 is 0 Å². The van der Waals surface area contributed by atoms with Gasteiger partial charge in [-0.15, -0.1) is 0 Å².